The maximum absolute atomic E-state index is 12.9. The summed E-state index contributed by atoms with van der Waals surface area (Å²) in [7, 11) is 1.58. The number of amides is 2. The molecule has 30 heavy (non-hydrogen) atoms. The van der Waals surface area contributed by atoms with E-state index in [1.165, 1.54) is 6.42 Å². The van der Waals surface area contributed by atoms with Crippen LogP contribution in [0.15, 0.2) is 48.5 Å². The summed E-state index contributed by atoms with van der Waals surface area (Å²) in [6, 6.07) is 14.4. The standard InChI is InChI=1S/C24H30N2O4/c1-3-22(30-19-13-9-12-18(16-19)29-2)24(28)26-21-15-8-7-14-20(21)23(27)25-17-10-5-4-6-11-17/h7-9,12-17,22H,3-6,10-11H2,1-2H3,(H,25,27)(H,26,28). The van der Waals surface area contributed by atoms with Gasteiger partial charge in [-0.2, -0.15) is 0 Å². The Kier molecular flexibility index (Phi) is 7.71. The molecule has 1 saturated carbocycles. The van der Waals surface area contributed by atoms with Crippen molar-refractivity contribution in [2.24, 2.45) is 0 Å². The number of benzene rings is 2. The molecule has 0 saturated heterocycles. The number of anilines is 1. The van der Waals surface area contributed by atoms with Crippen molar-refractivity contribution in [1.29, 1.82) is 0 Å². The fourth-order valence-electron chi connectivity index (χ4n) is 3.67. The Labute approximate surface area is 178 Å². The van der Waals surface area contributed by atoms with Crippen molar-refractivity contribution in [2.75, 3.05) is 12.4 Å². The fourth-order valence-corrected chi connectivity index (χ4v) is 3.67. The molecule has 2 amide bonds. The second-order valence-corrected chi connectivity index (χ2v) is 7.54. The van der Waals surface area contributed by atoms with Crippen LogP contribution in [0, 0.1) is 0 Å². The topological polar surface area (TPSA) is 76.7 Å². The van der Waals surface area contributed by atoms with E-state index in [-0.39, 0.29) is 17.9 Å². The van der Waals surface area contributed by atoms with Crippen LogP contribution in [0.1, 0.15) is 55.8 Å². The largest absolute Gasteiger partial charge is 0.497 e. The molecule has 6 heteroatoms. The molecular weight excluding hydrogens is 380 g/mol. The number of hydrogen-bond acceptors (Lipinski definition) is 4. The minimum Gasteiger partial charge on any atom is -0.497 e. The van der Waals surface area contributed by atoms with Crippen LogP contribution >= 0.6 is 0 Å². The molecule has 1 fully saturated rings. The van der Waals surface area contributed by atoms with E-state index < -0.39 is 6.10 Å². The van der Waals surface area contributed by atoms with Crippen molar-refractivity contribution in [3.8, 4) is 11.5 Å². The average molecular weight is 411 g/mol. The summed E-state index contributed by atoms with van der Waals surface area (Å²) < 4.78 is 11.1. The lowest BCUT2D eigenvalue weighted by Crippen LogP contribution is -2.37. The first-order valence-electron chi connectivity index (χ1n) is 10.6. The molecule has 1 aliphatic rings. The molecular formula is C24H30N2O4. The second kappa shape index (κ2) is 10.7. The van der Waals surface area contributed by atoms with Gasteiger partial charge in [0.15, 0.2) is 6.10 Å². The molecule has 1 unspecified atom stereocenters. The van der Waals surface area contributed by atoms with Crippen LogP contribution in [0.2, 0.25) is 0 Å². The minimum absolute atomic E-state index is 0.153. The first-order chi connectivity index (χ1) is 14.6. The summed E-state index contributed by atoms with van der Waals surface area (Å²) in [5.41, 5.74) is 0.955. The van der Waals surface area contributed by atoms with Gasteiger partial charge in [-0.05, 0) is 43.5 Å². The molecule has 0 radical (unpaired) electrons. The van der Waals surface area contributed by atoms with Crippen LogP contribution in [0.25, 0.3) is 0 Å². The van der Waals surface area contributed by atoms with Gasteiger partial charge in [0.05, 0.1) is 18.4 Å². The predicted molar refractivity (Wildman–Crippen MR) is 117 cm³/mol. The van der Waals surface area contributed by atoms with E-state index in [1.54, 1.807) is 43.5 Å². The Bertz CT molecular complexity index is 862. The molecule has 0 bridgehead atoms. The van der Waals surface area contributed by atoms with Gasteiger partial charge in [-0.15, -0.1) is 0 Å². The number of nitrogens with one attached hydrogen (secondary N) is 2. The summed E-state index contributed by atoms with van der Waals surface area (Å²) in [4.78, 5) is 25.7. The third-order valence-corrected chi connectivity index (χ3v) is 5.35. The minimum atomic E-state index is -0.688. The predicted octanol–water partition coefficient (Wildman–Crippen LogP) is 4.55. The third-order valence-electron chi connectivity index (χ3n) is 5.35. The zero-order chi connectivity index (χ0) is 21.3. The van der Waals surface area contributed by atoms with E-state index in [2.05, 4.69) is 10.6 Å². The number of carbonyl (C=O) groups is 2. The van der Waals surface area contributed by atoms with Crippen molar-refractivity contribution in [3.63, 3.8) is 0 Å². The number of ether oxygens (including phenoxy) is 2. The molecule has 2 aromatic rings. The summed E-state index contributed by atoms with van der Waals surface area (Å²) in [6.45, 7) is 1.88. The molecule has 2 aromatic carbocycles. The smallest absolute Gasteiger partial charge is 0.265 e. The monoisotopic (exact) mass is 410 g/mol. The van der Waals surface area contributed by atoms with Gasteiger partial charge in [0.2, 0.25) is 0 Å². The van der Waals surface area contributed by atoms with E-state index in [0.29, 0.717) is 29.2 Å². The van der Waals surface area contributed by atoms with Crippen molar-refractivity contribution < 1.29 is 19.1 Å². The number of hydrogen-bond donors (Lipinski definition) is 2. The molecule has 0 aliphatic heterocycles. The van der Waals surface area contributed by atoms with Gasteiger partial charge >= 0.3 is 0 Å². The van der Waals surface area contributed by atoms with Crippen LogP contribution < -0.4 is 20.1 Å². The highest BCUT2D eigenvalue weighted by Gasteiger charge is 2.22. The highest BCUT2D eigenvalue weighted by atomic mass is 16.5. The Morgan fingerprint density at radius 1 is 1.03 bits per heavy atom. The third kappa shape index (κ3) is 5.75. The Morgan fingerprint density at radius 2 is 1.77 bits per heavy atom. The number of methoxy groups -OCH3 is 1. The molecule has 160 valence electrons. The van der Waals surface area contributed by atoms with Gasteiger partial charge in [-0.1, -0.05) is 44.4 Å². The molecule has 3 rings (SSSR count). The molecule has 1 aliphatic carbocycles. The normalized spacial score (nSPS) is 15.1. The molecule has 0 aromatic heterocycles. The summed E-state index contributed by atoms with van der Waals surface area (Å²) in [5, 5.41) is 5.98. The fraction of sp³-hybridized carbons (Fsp3) is 0.417. The number of rotatable bonds is 8. The van der Waals surface area contributed by atoms with Gasteiger partial charge in [0.25, 0.3) is 11.8 Å². The molecule has 0 heterocycles. The Morgan fingerprint density at radius 3 is 2.50 bits per heavy atom. The highest BCUT2D eigenvalue weighted by molar-refractivity contribution is 6.04. The van der Waals surface area contributed by atoms with Crippen molar-refractivity contribution >= 4 is 17.5 Å². The first kappa shape index (κ1) is 21.7. The molecule has 1 atom stereocenters. The van der Waals surface area contributed by atoms with E-state index in [4.69, 9.17) is 9.47 Å². The van der Waals surface area contributed by atoms with Crippen LogP contribution in [-0.2, 0) is 4.79 Å². The van der Waals surface area contributed by atoms with Crippen molar-refractivity contribution in [2.45, 2.75) is 57.6 Å². The van der Waals surface area contributed by atoms with Crippen LogP contribution in [0.3, 0.4) is 0 Å². The van der Waals surface area contributed by atoms with Gasteiger partial charge in [0.1, 0.15) is 11.5 Å². The van der Waals surface area contributed by atoms with Crippen molar-refractivity contribution in [1.82, 2.24) is 5.32 Å². The maximum atomic E-state index is 12.9. The summed E-state index contributed by atoms with van der Waals surface area (Å²) >= 11 is 0. The van der Waals surface area contributed by atoms with Gasteiger partial charge in [-0.25, -0.2) is 0 Å². The Balaban J connectivity index is 1.68. The first-order valence-corrected chi connectivity index (χ1v) is 10.6. The van der Waals surface area contributed by atoms with Gasteiger partial charge in [-0.3, -0.25) is 9.59 Å². The highest BCUT2D eigenvalue weighted by Crippen LogP contribution is 2.23. The SMILES string of the molecule is CCC(Oc1cccc(OC)c1)C(=O)Nc1ccccc1C(=O)NC1CCCCC1. The number of carbonyl (C=O) groups excluding carboxylic acids is 2. The zero-order valence-electron chi connectivity index (χ0n) is 17.6. The summed E-state index contributed by atoms with van der Waals surface area (Å²) in [6.07, 6.45) is 5.32. The van der Waals surface area contributed by atoms with Crippen LogP contribution in [-0.4, -0.2) is 31.1 Å². The van der Waals surface area contributed by atoms with E-state index in [1.807, 2.05) is 19.1 Å². The zero-order valence-corrected chi connectivity index (χ0v) is 17.6. The van der Waals surface area contributed by atoms with Crippen LogP contribution in [0.4, 0.5) is 5.69 Å². The molecule has 0 spiro atoms. The Hall–Kier alpha value is -3.02. The van der Waals surface area contributed by atoms with E-state index in [9.17, 15) is 9.59 Å². The quantitative estimate of drug-likeness (QED) is 0.669. The second-order valence-electron chi connectivity index (χ2n) is 7.54. The van der Waals surface area contributed by atoms with Crippen molar-refractivity contribution in [3.05, 3.63) is 54.1 Å². The average Bonchev–Trinajstić information content (AvgIpc) is 2.78. The van der Waals surface area contributed by atoms with Gasteiger partial charge in [0, 0.05) is 12.1 Å². The lowest BCUT2D eigenvalue weighted by Gasteiger charge is -2.23. The van der Waals surface area contributed by atoms with Gasteiger partial charge < -0.3 is 20.1 Å². The lowest BCUT2D eigenvalue weighted by atomic mass is 9.95. The summed E-state index contributed by atoms with van der Waals surface area (Å²) in [5.74, 6) is 0.768. The van der Waals surface area contributed by atoms with E-state index in [0.717, 1.165) is 25.7 Å². The maximum Gasteiger partial charge on any atom is 0.265 e. The molecule has 6 nitrogen and oxygen atoms in total. The van der Waals surface area contributed by atoms with E-state index >= 15 is 0 Å². The lowest BCUT2D eigenvalue weighted by molar-refractivity contribution is -0.122. The molecule has 2 N–H and O–H groups in total. The van der Waals surface area contributed by atoms with Crippen LogP contribution in [0.5, 0.6) is 11.5 Å². The number of para-hydroxylation sites is 1.